The van der Waals surface area contributed by atoms with E-state index in [0.29, 0.717) is 26.0 Å². The highest BCUT2D eigenvalue weighted by Gasteiger charge is 2.36. The van der Waals surface area contributed by atoms with Crippen LogP contribution in [0.25, 0.3) is 0 Å². The highest BCUT2D eigenvalue weighted by atomic mass is 16.5. The maximum atomic E-state index is 12.6. The molecule has 1 fully saturated rings. The Labute approximate surface area is 137 Å². The molecule has 1 saturated heterocycles. The molecule has 1 atom stereocenters. The van der Waals surface area contributed by atoms with Crippen LogP contribution in [0.5, 0.6) is 0 Å². The second kappa shape index (κ2) is 7.93. The van der Waals surface area contributed by atoms with Crippen molar-refractivity contribution in [2.45, 2.75) is 46.0 Å². The van der Waals surface area contributed by atoms with Gasteiger partial charge in [0.25, 0.3) is 0 Å². The lowest BCUT2D eigenvalue weighted by Crippen LogP contribution is -2.48. The number of ether oxygens (including phenoxy) is 1. The third-order valence-electron chi connectivity index (χ3n) is 4.96. The summed E-state index contributed by atoms with van der Waals surface area (Å²) in [5.41, 5.74) is 1.68. The molecular weight excluding hydrogens is 296 g/mol. The van der Waals surface area contributed by atoms with Gasteiger partial charge in [-0.25, -0.2) is 0 Å². The number of likely N-dealkylation sites (tertiary alicyclic amines) is 1. The van der Waals surface area contributed by atoms with E-state index in [2.05, 4.69) is 5.16 Å². The summed E-state index contributed by atoms with van der Waals surface area (Å²) in [7, 11) is 1.67. The number of carbonyl (C=O) groups is 1. The van der Waals surface area contributed by atoms with Gasteiger partial charge in [0, 0.05) is 44.2 Å². The molecule has 0 aromatic carbocycles. The summed E-state index contributed by atoms with van der Waals surface area (Å²) < 4.78 is 10.3. The van der Waals surface area contributed by atoms with E-state index in [9.17, 15) is 9.90 Å². The zero-order valence-corrected chi connectivity index (χ0v) is 14.4. The van der Waals surface area contributed by atoms with Gasteiger partial charge in [0.15, 0.2) is 0 Å². The first kappa shape index (κ1) is 17.9. The summed E-state index contributed by atoms with van der Waals surface area (Å²) in [6.45, 7) is 5.88. The molecule has 0 radical (unpaired) electrons. The van der Waals surface area contributed by atoms with Crippen molar-refractivity contribution in [3.8, 4) is 0 Å². The number of nitrogens with zero attached hydrogens (tertiary/aromatic N) is 2. The van der Waals surface area contributed by atoms with Gasteiger partial charge in [-0.15, -0.1) is 0 Å². The molecule has 1 amide bonds. The number of methoxy groups -OCH3 is 1. The Kier molecular flexibility index (Phi) is 6.18. The predicted octanol–water partition coefficient (Wildman–Crippen LogP) is 1.86. The van der Waals surface area contributed by atoms with E-state index in [1.54, 1.807) is 7.11 Å². The Morgan fingerprint density at radius 3 is 2.87 bits per heavy atom. The van der Waals surface area contributed by atoms with Crippen molar-refractivity contribution in [1.82, 2.24) is 10.1 Å². The van der Waals surface area contributed by atoms with Crippen LogP contribution in [0, 0.1) is 19.3 Å². The van der Waals surface area contributed by atoms with Crippen molar-refractivity contribution in [1.29, 1.82) is 0 Å². The van der Waals surface area contributed by atoms with Gasteiger partial charge >= 0.3 is 0 Å². The number of hydrogen-bond donors (Lipinski definition) is 1. The summed E-state index contributed by atoms with van der Waals surface area (Å²) in [5.74, 6) is 0.929. The molecule has 6 heteroatoms. The smallest absolute Gasteiger partial charge is 0.222 e. The van der Waals surface area contributed by atoms with Crippen LogP contribution in [-0.2, 0) is 16.0 Å². The fraction of sp³-hybridized carbons (Fsp3) is 0.765. The average molecular weight is 324 g/mol. The molecule has 0 saturated carbocycles. The van der Waals surface area contributed by atoms with Crippen LogP contribution in [0.1, 0.15) is 42.7 Å². The summed E-state index contributed by atoms with van der Waals surface area (Å²) >= 11 is 0. The molecule has 0 bridgehead atoms. The Morgan fingerprint density at radius 2 is 2.26 bits per heavy atom. The van der Waals surface area contributed by atoms with Gasteiger partial charge in [-0.2, -0.15) is 0 Å². The van der Waals surface area contributed by atoms with E-state index in [0.717, 1.165) is 42.8 Å². The number of piperidine rings is 1. The molecule has 23 heavy (non-hydrogen) atoms. The molecule has 2 rings (SSSR count). The lowest BCUT2D eigenvalue weighted by molar-refractivity contribution is -0.136. The molecule has 6 nitrogen and oxygen atoms in total. The van der Waals surface area contributed by atoms with Gasteiger partial charge in [-0.3, -0.25) is 4.79 Å². The van der Waals surface area contributed by atoms with Gasteiger partial charge in [-0.1, -0.05) is 5.16 Å². The first-order valence-electron chi connectivity index (χ1n) is 8.30. The van der Waals surface area contributed by atoms with Crippen molar-refractivity contribution >= 4 is 5.91 Å². The maximum Gasteiger partial charge on any atom is 0.222 e. The molecule has 0 spiro atoms. The quantitative estimate of drug-likeness (QED) is 0.828. The van der Waals surface area contributed by atoms with E-state index in [4.69, 9.17) is 9.26 Å². The number of rotatable bonds is 7. The average Bonchev–Trinajstić information content (AvgIpc) is 2.89. The molecule has 2 heterocycles. The van der Waals surface area contributed by atoms with Crippen LogP contribution in [0.2, 0.25) is 0 Å². The number of aryl methyl sites for hydroxylation is 2. The maximum absolute atomic E-state index is 12.6. The van der Waals surface area contributed by atoms with Crippen LogP contribution in [0.3, 0.4) is 0 Å². The van der Waals surface area contributed by atoms with Crippen molar-refractivity contribution < 1.29 is 19.2 Å². The van der Waals surface area contributed by atoms with Gasteiger partial charge < -0.3 is 19.3 Å². The number of hydrogen-bond acceptors (Lipinski definition) is 5. The molecule has 130 valence electrons. The first-order valence-corrected chi connectivity index (χ1v) is 8.30. The summed E-state index contributed by atoms with van der Waals surface area (Å²) in [5, 5.41) is 13.7. The Balaban J connectivity index is 1.93. The highest BCUT2D eigenvalue weighted by Crippen LogP contribution is 2.33. The van der Waals surface area contributed by atoms with Gasteiger partial charge in [0.1, 0.15) is 5.76 Å². The summed E-state index contributed by atoms with van der Waals surface area (Å²) in [6, 6.07) is 0. The van der Waals surface area contributed by atoms with Crippen LogP contribution < -0.4 is 0 Å². The van der Waals surface area contributed by atoms with Crippen LogP contribution in [0.15, 0.2) is 4.52 Å². The molecule has 1 aromatic rings. The number of carbonyl (C=O) groups excluding carboxylic acids is 1. The molecule has 1 N–H and O–H groups in total. The van der Waals surface area contributed by atoms with Crippen molar-refractivity contribution in [2.24, 2.45) is 5.41 Å². The van der Waals surface area contributed by atoms with Crippen molar-refractivity contribution in [3.05, 3.63) is 17.0 Å². The van der Waals surface area contributed by atoms with Gasteiger partial charge in [0.2, 0.25) is 5.91 Å². The van der Waals surface area contributed by atoms with Gasteiger partial charge in [0.05, 0.1) is 12.3 Å². The van der Waals surface area contributed by atoms with Crippen LogP contribution in [0.4, 0.5) is 0 Å². The number of aliphatic hydroxyl groups excluding tert-OH is 1. The molecule has 1 unspecified atom stereocenters. The minimum atomic E-state index is -0.215. The standard InChI is InChI=1S/C17H28N2O4/c1-13-15(14(2)23-18-13)5-6-16(21)19-9-4-7-17(11-19,12-20)8-10-22-3/h20H,4-12H2,1-3H3. The third-order valence-corrected chi connectivity index (χ3v) is 4.96. The van der Waals surface area contributed by atoms with E-state index < -0.39 is 0 Å². The van der Waals surface area contributed by atoms with Gasteiger partial charge in [-0.05, 0) is 39.5 Å². The topological polar surface area (TPSA) is 75.8 Å². The van der Waals surface area contributed by atoms with E-state index in [-0.39, 0.29) is 17.9 Å². The summed E-state index contributed by atoms with van der Waals surface area (Å²) in [6.07, 6.45) is 3.77. The lowest BCUT2D eigenvalue weighted by atomic mass is 9.78. The SMILES string of the molecule is COCCC1(CO)CCCN(C(=O)CCc2c(C)noc2C)C1. The van der Waals surface area contributed by atoms with E-state index >= 15 is 0 Å². The highest BCUT2D eigenvalue weighted by molar-refractivity contribution is 5.76. The van der Waals surface area contributed by atoms with Crippen LogP contribution >= 0.6 is 0 Å². The molecule has 1 aliphatic rings. The van der Waals surface area contributed by atoms with Crippen molar-refractivity contribution in [3.63, 3.8) is 0 Å². The Bertz CT molecular complexity index is 509. The zero-order chi connectivity index (χ0) is 16.9. The molecular formula is C17H28N2O4. The number of aromatic nitrogens is 1. The third kappa shape index (κ3) is 4.32. The first-order chi connectivity index (χ1) is 11.0. The monoisotopic (exact) mass is 324 g/mol. The fourth-order valence-corrected chi connectivity index (χ4v) is 3.40. The number of aliphatic hydroxyl groups is 1. The fourth-order valence-electron chi connectivity index (χ4n) is 3.40. The van der Waals surface area contributed by atoms with E-state index in [1.165, 1.54) is 0 Å². The van der Waals surface area contributed by atoms with Crippen molar-refractivity contribution in [2.75, 3.05) is 33.4 Å². The summed E-state index contributed by atoms with van der Waals surface area (Å²) in [4.78, 5) is 14.5. The molecule has 0 aliphatic carbocycles. The van der Waals surface area contributed by atoms with E-state index in [1.807, 2.05) is 18.7 Å². The lowest BCUT2D eigenvalue weighted by Gasteiger charge is -2.42. The van der Waals surface area contributed by atoms with Crippen LogP contribution in [-0.4, -0.2) is 54.5 Å². The molecule has 1 aliphatic heterocycles. The minimum Gasteiger partial charge on any atom is -0.396 e. The number of amides is 1. The zero-order valence-electron chi connectivity index (χ0n) is 14.4. The predicted molar refractivity (Wildman–Crippen MR) is 86.1 cm³/mol. The minimum absolute atomic E-state index is 0.101. The second-order valence-electron chi connectivity index (χ2n) is 6.62. The Morgan fingerprint density at radius 1 is 1.48 bits per heavy atom. The second-order valence-corrected chi connectivity index (χ2v) is 6.62. The molecule has 1 aromatic heterocycles. The Hall–Kier alpha value is -1.40. The normalized spacial score (nSPS) is 21.7. The largest absolute Gasteiger partial charge is 0.396 e.